The predicted molar refractivity (Wildman–Crippen MR) is 513 cm³/mol. The summed E-state index contributed by atoms with van der Waals surface area (Å²) >= 11 is 0. The predicted octanol–water partition coefficient (Wildman–Crippen LogP) is 16.9. The minimum atomic E-state index is -2.87. The van der Waals surface area contributed by atoms with Gasteiger partial charge in [0, 0.05) is 52.4 Å². The van der Waals surface area contributed by atoms with Gasteiger partial charge in [-0.3, -0.25) is 18.3 Å². The molecule has 0 bridgehead atoms. The van der Waals surface area contributed by atoms with Crippen LogP contribution < -0.4 is 40.9 Å². The molecule has 0 unspecified atom stereocenters. The van der Waals surface area contributed by atoms with E-state index >= 15 is 0 Å². The van der Waals surface area contributed by atoms with Crippen molar-refractivity contribution in [3.8, 4) is 23.8 Å². The summed E-state index contributed by atoms with van der Waals surface area (Å²) in [4.78, 5) is 92.0. The maximum Gasteiger partial charge on any atom is 0.333 e. The van der Waals surface area contributed by atoms with Gasteiger partial charge >= 0.3 is 5.97 Å². The third-order valence-electron chi connectivity index (χ3n) is 23.7. The van der Waals surface area contributed by atoms with Gasteiger partial charge in [0.25, 0.3) is 25.7 Å². The molecule has 726 valence electrons. The summed E-state index contributed by atoms with van der Waals surface area (Å²) in [5.74, 6) is 0.317. The molecule has 0 saturated carbocycles. The molecule has 8 aromatic heterocycles. The second-order valence-corrected chi connectivity index (χ2v) is 34.7. The number of para-hydroxylation sites is 8. The molecule has 42 heteroatoms. The van der Waals surface area contributed by atoms with Gasteiger partial charge < -0.3 is 64.6 Å². The Morgan fingerprint density at radius 1 is 0.300 bits per heavy atom. The van der Waals surface area contributed by atoms with Crippen molar-refractivity contribution < 1.29 is 63.6 Å². The topological polar surface area (TPSA) is 350 Å². The highest BCUT2D eigenvalue weighted by Gasteiger charge is 2.35. The number of alkyl halides is 8. The zero-order chi connectivity index (χ0) is 97.9. The van der Waals surface area contributed by atoms with Crippen LogP contribution in [0.25, 0.3) is 67.9 Å². The molecule has 0 spiro atoms. The van der Waals surface area contributed by atoms with Crippen molar-refractivity contribution in [2.75, 3.05) is 153 Å². The summed E-state index contributed by atoms with van der Waals surface area (Å²) in [6, 6.07) is 61.9. The van der Waals surface area contributed by atoms with Crippen molar-refractivity contribution in [3.05, 3.63) is 263 Å². The molecule has 1 atom stereocenters. The van der Waals surface area contributed by atoms with E-state index < -0.39 is 77.6 Å². The fraction of sp³-hybridized carbons (Fsp3) is 0.337. The van der Waals surface area contributed by atoms with E-state index in [1.54, 1.807) is 121 Å². The summed E-state index contributed by atoms with van der Waals surface area (Å²) in [7, 11) is 1.28. The molecule has 4 saturated heterocycles. The smallest absolute Gasteiger partial charge is 0.333 e. The second-order valence-electron chi connectivity index (χ2n) is 34.7. The SMILES string of the molecule is CC(C)(Nc1nc(N2CCOCC2)nc(-n2c(C(F)F)nc3ccccc32)n1)c1ccccc1.COC(=O)[C@H](Nc1nc(N2CCOCC2)nc(-n2c(C(F)F)nc3ccccc32)n1)c1ccccc1.Cc1ccc(C(C)(C)Nc2nc(N3CCOCC3)nc(-n3c(C(F)F)nc4ccccc43)n2)cc1.Cc1ccc(C(C)(C)Nc2nc(N3CCOCC3)nc(-n3c(C(F)F)nc4ccccc43)n2)cc1. The molecular weight excluding hydrogens is 1820 g/mol. The third-order valence-corrected chi connectivity index (χ3v) is 23.7. The van der Waals surface area contributed by atoms with E-state index in [9.17, 15) is 39.9 Å². The number of aromatic nitrogens is 20. The lowest BCUT2D eigenvalue weighted by Crippen LogP contribution is -2.38. The summed E-state index contributed by atoms with van der Waals surface area (Å²) in [6.07, 6.45) is -11.3. The van der Waals surface area contributed by atoms with Crippen molar-refractivity contribution in [1.82, 2.24) is 98.0 Å². The highest BCUT2D eigenvalue weighted by molar-refractivity contribution is 5.82. The number of carbonyl (C=O) groups excluding carboxylic acids is 1. The number of nitrogens with one attached hydrogen (secondary N) is 4. The van der Waals surface area contributed by atoms with Crippen molar-refractivity contribution in [1.29, 1.82) is 0 Å². The molecule has 140 heavy (non-hydrogen) atoms. The van der Waals surface area contributed by atoms with Gasteiger partial charge in [-0.25, -0.2) is 59.9 Å². The number of imidazole rings is 4. The van der Waals surface area contributed by atoms with E-state index in [0.29, 0.717) is 191 Å². The molecule has 0 aliphatic carbocycles. The van der Waals surface area contributed by atoms with Gasteiger partial charge in [0.1, 0.15) is 0 Å². The number of rotatable bonds is 25. The van der Waals surface area contributed by atoms with Crippen LogP contribution in [0.5, 0.6) is 0 Å². The molecule has 4 aliphatic rings. The molecule has 4 fully saturated rings. The first-order valence-electron chi connectivity index (χ1n) is 45.4. The molecule has 12 heterocycles. The minimum absolute atomic E-state index is 0.0266. The van der Waals surface area contributed by atoms with Gasteiger partial charge in [-0.2, -0.15) is 59.8 Å². The number of hydrogen-bond donors (Lipinski definition) is 4. The number of carbonyl (C=O) groups is 1. The van der Waals surface area contributed by atoms with E-state index in [1.807, 2.05) is 160 Å². The largest absolute Gasteiger partial charge is 0.467 e. The lowest BCUT2D eigenvalue weighted by molar-refractivity contribution is -0.141. The number of fused-ring (bicyclic) bond motifs is 4. The van der Waals surface area contributed by atoms with E-state index in [-0.39, 0.29) is 35.7 Å². The van der Waals surface area contributed by atoms with Gasteiger partial charge in [-0.1, -0.05) is 169 Å². The van der Waals surface area contributed by atoms with Crippen LogP contribution in [0.1, 0.15) is 130 Å². The van der Waals surface area contributed by atoms with E-state index in [2.05, 4.69) is 101 Å². The number of aryl methyl sites for hydroxylation is 2. The molecule has 0 radical (unpaired) electrons. The maximum atomic E-state index is 14.0. The average Bonchev–Trinajstić information content (AvgIpc) is 1.64. The average molecular weight is 1920 g/mol. The molecule has 16 aromatic rings. The standard InChI is InChI=1S/2C25H27F2N7O.C24H23F2N7O3.C24H25F2N7O/c2*1-16-8-10-17(11-9-16)25(2,3)32-22-29-23(33-12-14-35-15-13-33)31-24(30-22)34-19-7-5-4-6-18(19)28-21(34)20(26)27;1-35-21(34)18(15-7-3-2-4-8-15)28-22-29-23(32-11-13-36-14-12-32)31-24(30-22)33-17-10-6-5-9-16(17)27-20(33)19(25)26;1-24(2,16-8-4-3-5-9-16)31-21-28-22(32-12-14-34-15-13-32)30-23(29-21)33-18-11-7-6-10-17(18)27-20(33)19(25)26/h2*4-11,20H,12-15H2,1-3H3,(H,29,30,31,32);2-10,18-19H,11-14H2,1H3,(H,28,29,30,31);3-11,19H,12-15H2,1-2H3,(H,28,29,30,31)/t;;18-;/m..1./s1. The Balaban J connectivity index is 0.000000129. The lowest BCUT2D eigenvalue weighted by atomic mass is 9.94. The molecule has 20 rings (SSSR count). The fourth-order valence-corrected chi connectivity index (χ4v) is 16.3. The summed E-state index contributed by atoms with van der Waals surface area (Å²) < 4.78 is 144. The molecule has 34 nitrogen and oxygen atoms in total. The number of esters is 1. The number of benzene rings is 8. The van der Waals surface area contributed by atoms with Crippen LogP contribution >= 0.6 is 0 Å². The number of hydrogen-bond acceptors (Lipinski definition) is 30. The van der Waals surface area contributed by atoms with Crippen LogP contribution in [0.4, 0.5) is 82.7 Å². The van der Waals surface area contributed by atoms with Crippen molar-refractivity contribution >= 4 is 97.7 Å². The highest BCUT2D eigenvalue weighted by atomic mass is 19.3. The van der Waals surface area contributed by atoms with Crippen molar-refractivity contribution in [2.45, 2.75) is 104 Å². The summed E-state index contributed by atoms with van der Waals surface area (Å²) in [5, 5.41) is 13.2. The monoisotopic (exact) mass is 1920 g/mol. The first-order chi connectivity index (χ1) is 67.6. The summed E-state index contributed by atoms with van der Waals surface area (Å²) in [6.45, 7) is 24.9. The fourth-order valence-electron chi connectivity index (χ4n) is 16.3. The van der Waals surface area contributed by atoms with Gasteiger partial charge in [0.05, 0.1) is 121 Å². The number of anilines is 8. The van der Waals surface area contributed by atoms with Crippen LogP contribution in [-0.2, 0) is 45.1 Å². The zero-order valence-electron chi connectivity index (χ0n) is 78.0. The number of ether oxygens (including phenoxy) is 5. The highest BCUT2D eigenvalue weighted by Crippen LogP contribution is 2.37. The summed E-state index contributed by atoms with van der Waals surface area (Å²) in [5.41, 5.74) is 8.14. The Kier molecular flexibility index (Phi) is 29.3. The number of morpholine rings is 4. The second kappa shape index (κ2) is 42.4. The van der Waals surface area contributed by atoms with Crippen LogP contribution in [0.15, 0.2) is 206 Å². The van der Waals surface area contributed by atoms with E-state index in [1.165, 1.54) is 25.4 Å². The Morgan fingerprint density at radius 2 is 0.536 bits per heavy atom. The molecule has 8 aromatic carbocycles. The maximum absolute atomic E-state index is 14.0. The minimum Gasteiger partial charge on any atom is -0.467 e. The molecular formula is C98H102F8N28O6. The number of methoxy groups -OCH3 is 1. The Labute approximate surface area is 799 Å². The molecule has 4 aliphatic heterocycles. The number of halogens is 8. The van der Waals surface area contributed by atoms with Crippen LogP contribution in [-0.4, -0.2) is 216 Å². The zero-order valence-corrected chi connectivity index (χ0v) is 78.0. The van der Waals surface area contributed by atoms with E-state index in [4.69, 9.17) is 23.7 Å². The molecule has 0 amide bonds. The quantitative estimate of drug-likeness (QED) is 0.0305. The first-order valence-corrected chi connectivity index (χ1v) is 45.4. The van der Waals surface area contributed by atoms with Crippen LogP contribution in [0.2, 0.25) is 0 Å². The van der Waals surface area contributed by atoms with Crippen molar-refractivity contribution in [3.63, 3.8) is 0 Å². The van der Waals surface area contributed by atoms with Crippen molar-refractivity contribution in [2.24, 2.45) is 0 Å². The lowest BCUT2D eigenvalue weighted by Gasteiger charge is -2.30. The van der Waals surface area contributed by atoms with Crippen LogP contribution in [0, 0.1) is 13.8 Å². The Bertz CT molecular complexity index is 6750. The Hall–Kier alpha value is -15.2. The third kappa shape index (κ3) is 22.0. The Morgan fingerprint density at radius 3 is 0.807 bits per heavy atom. The van der Waals surface area contributed by atoms with Gasteiger partial charge in [0.15, 0.2) is 29.3 Å². The number of nitrogens with zero attached hydrogens (tertiary/aromatic N) is 24. The van der Waals surface area contributed by atoms with Gasteiger partial charge in [0.2, 0.25) is 71.4 Å². The van der Waals surface area contributed by atoms with Gasteiger partial charge in [-0.15, -0.1) is 0 Å². The first kappa shape index (κ1) is 96.5. The van der Waals surface area contributed by atoms with Gasteiger partial charge in [-0.05, 0) is 126 Å². The van der Waals surface area contributed by atoms with E-state index in [0.717, 1.165) is 27.8 Å². The van der Waals surface area contributed by atoms with Crippen LogP contribution in [0.3, 0.4) is 0 Å². The normalized spacial score (nSPS) is 14.7. The molecule has 4 N–H and O–H groups in total.